The van der Waals surface area contributed by atoms with Crippen molar-refractivity contribution in [1.29, 1.82) is 0 Å². The molecule has 0 bridgehead atoms. The van der Waals surface area contributed by atoms with Crippen molar-refractivity contribution in [2.45, 2.75) is 29.9 Å². The van der Waals surface area contributed by atoms with Crippen LogP contribution in [-0.2, 0) is 11.2 Å². The van der Waals surface area contributed by atoms with Crippen molar-refractivity contribution in [1.82, 2.24) is 0 Å². The average Bonchev–Trinajstić information content (AvgIpc) is 2.56. The lowest BCUT2D eigenvalue weighted by Gasteiger charge is -2.32. The van der Waals surface area contributed by atoms with Gasteiger partial charge in [-0.25, -0.2) is 0 Å². The molecule has 1 amide bonds. The first kappa shape index (κ1) is 19.2. The van der Waals surface area contributed by atoms with Crippen molar-refractivity contribution in [2.24, 2.45) is 0 Å². The molecule has 0 aliphatic carbocycles. The number of benzene rings is 2. The van der Waals surface area contributed by atoms with E-state index < -0.39 is 0 Å². The van der Waals surface area contributed by atoms with Gasteiger partial charge in [0.05, 0.1) is 5.25 Å². The first-order valence-electron chi connectivity index (χ1n) is 7.67. The average molecular weight is 428 g/mol. The quantitative estimate of drug-likeness (QED) is 0.559. The molecular weight excluding hydrogens is 408 g/mol. The summed E-state index contributed by atoms with van der Waals surface area (Å²) in [6.07, 6.45) is 1.91. The number of amides is 1. The van der Waals surface area contributed by atoms with Crippen LogP contribution in [0.2, 0.25) is 0 Å². The van der Waals surface area contributed by atoms with Crippen LogP contribution in [0.15, 0.2) is 51.8 Å². The lowest BCUT2D eigenvalue weighted by molar-refractivity contribution is -0.117. The molecule has 24 heavy (non-hydrogen) atoms. The molecule has 0 saturated heterocycles. The minimum absolute atomic E-state index is 0. The van der Waals surface area contributed by atoms with Crippen LogP contribution in [0.25, 0.3) is 0 Å². The Hall–Kier alpha value is -1.17. The van der Waals surface area contributed by atoms with E-state index in [-0.39, 0.29) is 23.6 Å². The summed E-state index contributed by atoms with van der Waals surface area (Å²) in [5, 5.41) is -0.136. The van der Waals surface area contributed by atoms with Crippen molar-refractivity contribution in [3.8, 4) is 0 Å². The van der Waals surface area contributed by atoms with Crippen LogP contribution >= 0.6 is 40.1 Å². The maximum atomic E-state index is 12.9. The van der Waals surface area contributed by atoms with Crippen LogP contribution in [0.4, 0.5) is 11.4 Å². The van der Waals surface area contributed by atoms with Gasteiger partial charge < -0.3 is 10.6 Å². The molecule has 128 valence electrons. The Morgan fingerprint density at radius 2 is 1.96 bits per heavy atom. The fourth-order valence-corrected chi connectivity index (χ4v) is 4.06. The van der Waals surface area contributed by atoms with Gasteiger partial charge in [-0.05, 0) is 61.7 Å². The van der Waals surface area contributed by atoms with Gasteiger partial charge in [0.2, 0.25) is 5.91 Å². The van der Waals surface area contributed by atoms with Crippen molar-refractivity contribution in [3.63, 3.8) is 0 Å². The number of fused-ring (bicyclic) bond motifs is 1. The van der Waals surface area contributed by atoms with Crippen molar-refractivity contribution in [3.05, 3.63) is 52.5 Å². The van der Waals surface area contributed by atoms with Gasteiger partial charge in [-0.1, -0.05) is 22.0 Å². The van der Waals surface area contributed by atoms with Gasteiger partial charge in [0.1, 0.15) is 0 Å². The third-order valence-electron chi connectivity index (χ3n) is 4.03. The second-order valence-electron chi connectivity index (χ2n) is 5.65. The number of hydrogen-bond acceptors (Lipinski definition) is 3. The predicted octanol–water partition coefficient (Wildman–Crippen LogP) is 4.91. The second-order valence-corrected chi connectivity index (χ2v) is 7.98. The Balaban J connectivity index is 0.00000208. The number of hydrogen-bond donors (Lipinski definition) is 1. The van der Waals surface area contributed by atoms with E-state index in [2.05, 4.69) is 15.9 Å². The Kier molecular flexibility index (Phi) is 6.61. The van der Waals surface area contributed by atoms with Crippen molar-refractivity contribution < 1.29 is 4.79 Å². The number of halogens is 2. The molecule has 0 radical (unpaired) electrons. The maximum Gasteiger partial charge on any atom is 0.240 e. The third-order valence-corrected chi connectivity index (χ3v) is 5.66. The lowest BCUT2D eigenvalue weighted by atomic mass is 9.99. The summed E-state index contributed by atoms with van der Waals surface area (Å²) in [5.74, 6) is 0.143. The van der Waals surface area contributed by atoms with Gasteiger partial charge in [0, 0.05) is 27.3 Å². The standard InChI is InChI=1S/C18H19BrN2OS.ClH/c1-12(23-14-9-7-13(19)8-10-14)18(22)21-11-3-4-15-16(20)5-2-6-17(15)21;/h2,5-10,12H,3-4,11,20H2,1H3;1H. The minimum atomic E-state index is -0.136. The molecule has 6 heteroatoms. The normalized spacial score (nSPS) is 14.5. The number of nitrogens with zero attached hydrogens (tertiary/aromatic N) is 1. The van der Waals surface area contributed by atoms with Gasteiger partial charge in [-0.2, -0.15) is 0 Å². The van der Waals surface area contributed by atoms with E-state index in [4.69, 9.17) is 5.73 Å². The molecule has 1 atom stereocenters. The van der Waals surface area contributed by atoms with Gasteiger partial charge in [0.15, 0.2) is 0 Å². The predicted molar refractivity (Wildman–Crippen MR) is 108 cm³/mol. The smallest absolute Gasteiger partial charge is 0.240 e. The monoisotopic (exact) mass is 426 g/mol. The summed E-state index contributed by atoms with van der Waals surface area (Å²) in [5.41, 5.74) is 8.94. The zero-order valence-electron chi connectivity index (χ0n) is 13.4. The van der Waals surface area contributed by atoms with Crippen molar-refractivity contribution in [2.75, 3.05) is 17.2 Å². The summed E-state index contributed by atoms with van der Waals surface area (Å²) in [4.78, 5) is 15.9. The molecule has 1 aliphatic heterocycles. The molecule has 0 fully saturated rings. The number of anilines is 2. The highest BCUT2D eigenvalue weighted by atomic mass is 79.9. The highest BCUT2D eigenvalue weighted by Gasteiger charge is 2.27. The van der Waals surface area contributed by atoms with Gasteiger partial charge in [-0.15, -0.1) is 24.2 Å². The van der Waals surface area contributed by atoms with E-state index in [0.717, 1.165) is 45.7 Å². The van der Waals surface area contributed by atoms with Crippen LogP contribution in [0, 0.1) is 0 Å². The van der Waals surface area contributed by atoms with Crippen LogP contribution in [-0.4, -0.2) is 17.7 Å². The number of rotatable bonds is 3. The Morgan fingerprint density at radius 1 is 1.25 bits per heavy atom. The zero-order chi connectivity index (χ0) is 16.4. The molecule has 3 nitrogen and oxygen atoms in total. The van der Waals surface area contributed by atoms with Crippen LogP contribution in [0.3, 0.4) is 0 Å². The number of nitrogens with two attached hydrogens (primary N) is 1. The third kappa shape index (κ3) is 4.08. The van der Waals surface area contributed by atoms with Crippen LogP contribution in [0.5, 0.6) is 0 Å². The highest BCUT2D eigenvalue weighted by molar-refractivity contribution is 9.10. The fraction of sp³-hybridized carbons (Fsp3) is 0.278. The van der Waals surface area contributed by atoms with Gasteiger partial charge in [0.25, 0.3) is 0 Å². The zero-order valence-corrected chi connectivity index (χ0v) is 16.6. The van der Waals surface area contributed by atoms with E-state index in [1.54, 1.807) is 11.8 Å². The minimum Gasteiger partial charge on any atom is -0.398 e. The maximum absolute atomic E-state index is 12.9. The number of carbonyl (C=O) groups excluding carboxylic acids is 1. The molecule has 0 saturated carbocycles. The molecule has 3 rings (SSSR count). The van der Waals surface area contributed by atoms with Crippen LogP contribution in [0.1, 0.15) is 18.9 Å². The molecule has 2 N–H and O–H groups in total. The Bertz CT molecular complexity index is 723. The fourth-order valence-electron chi connectivity index (χ4n) is 2.87. The number of nitrogen functional groups attached to an aromatic ring is 1. The molecule has 2 aromatic carbocycles. The topological polar surface area (TPSA) is 46.3 Å². The van der Waals surface area contributed by atoms with Crippen LogP contribution < -0.4 is 10.6 Å². The first-order valence-corrected chi connectivity index (χ1v) is 9.34. The van der Waals surface area contributed by atoms with Gasteiger partial charge >= 0.3 is 0 Å². The molecule has 1 heterocycles. The molecular formula is C18H20BrClN2OS. The van der Waals surface area contributed by atoms with E-state index in [1.807, 2.05) is 54.3 Å². The molecule has 0 aromatic heterocycles. The highest BCUT2D eigenvalue weighted by Crippen LogP contribution is 2.34. The van der Waals surface area contributed by atoms with E-state index in [0.29, 0.717) is 0 Å². The Labute approximate surface area is 161 Å². The molecule has 0 spiro atoms. The summed E-state index contributed by atoms with van der Waals surface area (Å²) >= 11 is 5.02. The molecule has 1 unspecified atom stereocenters. The van der Waals surface area contributed by atoms with E-state index >= 15 is 0 Å². The van der Waals surface area contributed by atoms with E-state index in [9.17, 15) is 4.79 Å². The second kappa shape index (κ2) is 8.28. The van der Waals surface area contributed by atoms with Crippen molar-refractivity contribution >= 4 is 57.4 Å². The summed E-state index contributed by atoms with van der Waals surface area (Å²) < 4.78 is 1.04. The number of carbonyl (C=O) groups is 1. The van der Waals surface area contributed by atoms with E-state index in [1.165, 1.54) is 0 Å². The largest absolute Gasteiger partial charge is 0.398 e. The summed E-state index contributed by atoms with van der Waals surface area (Å²) in [7, 11) is 0. The Morgan fingerprint density at radius 3 is 2.67 bits per heavy atom. The first-order chi connectivity index (χ1) is 11.1. The molecule has 1 aliphatic rings. The lowest BCUT2D eigenvalue weighted by Crippen LogP contribution is -2.40. The summed E-state index contributed by atoms with van der Waals surface area (Å²) in [6.45, 7) is 2.73. The van der Waals surface area contributed by atoms with Gasteiger partial charge in [-0.3, -0.25) is 4.79 Å². The summed E-state index contributed by atoms with van der Waals surface area (Å²) in [6, 6.07) is 13.9. The number of thioether (sulfide) groups is 1. The SMILES string of the molecule is CC(Sc1ccc(Br)cc1)C(=O)N1CCCc2c(N)cccc21.Cl. The molecule has 2 aromatic rings.